The second-order valence-corrected chi connectivity index (χ2v) is 7.64. The van der Waals surface area contributed by atoms with Gasteiger partial charge in [0.2, 0.25) is 5.91 Å². The number of hydrogen-bond acceptors (Lipinski definition) is 6. The number of para-hydroxylation sites is 2. The van der Waals surface area contributed by atoms with E-state index >= 15 is 0 Å². The first-order valence-electron chi connectivity index (χ1n) is 10.6. The Morgan fingerprint density at radius 3 is 2.50 bits per heavy atom. The summed E-state index contributed by atoms with van der Waals surface area (Å²) in [6, 6.07) is 13.3. The van der Waals surface area contributed by atoms with Crippen molar-refractivity contribution in [2.75, 3.05) is 57.4 Å². The number of fused-ring (bicyclic) bond motifs is 1. The summed E-state index contributed by atoms with van der Waals surface area (Å²) in [7, 11) is 0. The van der Waals surface area contributed by atoms with Crippen molar-refractivity contribution in [3.8, 4) is 17.2 Å². The van der Waals surface area contributed by atoms with E-state index in [1.807, 2.05) is 48.2 Å². The van der Waals surface area contributed by atoms with Gasteiger partial charge in [0.25, 0.3) is 0 Å². The van der Waals surface area contributed by atoms with Crippen molar-refractivity contribution in [1.82, 2.24) is 9.80 Å². The molecule has 0 saturated carbocycles. The SMILES string of the molecule is CCN(Cc1ccc2c(c1)OCCO2)C(=O)CN1CCN(c2ccccc2O)CC1. The monoisotopic (exact) mass is 411 g/mol. The first-order valence-corrected chi connectivity index (χ1v) is 10.6. The standard InChI is InChI=1S/C23H29N3O4/c1-2-25(16-18-7-8-21-22(15-18)30-14-13-29-21)23(28)17-24-9-11-26(12-10-24)19-5-3-4-6-20(19)27/h3-8,15,27H,2,9-14,16-17H2,1H3. The number of ether oxygens (including phenoxy) is 2. The van der Waals surface area contributed by atoms with E-state index in [1.165, 1.54) is 0 Å². The van der Waals surface area contributed by atoms with Gasteiger partial charge in [-0.2, -0.15) is 0 Å². The molecule has 1 N–H and O–H groups in total. The maximum absolute atomic E-state index is 12.9. The van der Waals surface area contributed by atoms with E-state index < -0.39 is 0 Å². The molecular weight excluding hydrogens is 382 g/mol. The molecule has 1 saturated heterocycles. The Bertz CT molecular complexity index is 881. The van der Waals surface area contributed by atoms with Crippen molar-refractivity contribution >= 4 is 11.6 Å². The molecule has 2 aliphatic rings. The average Bonchev–Trinajstić information content (AvgIpc) is 2.78. The van der Waals surface area contributed by atoms with Gasteiger partial charge in [-0.1, -0.05) is 18.2 Å². The van der Waals surface area contributed by atoms with Gasteiger partial charge < -0.3 is 24.4 Å². The van der Waals surface area contributed by atoms with E-state index in [4.69, 9.17) is 9.47 Å². The van der Waals surface area contributed by atoms with Crippen molar-refractivity contribution in [2.45, 2.75) is 13.5 Å². The van der Waals surface area contributed by atoms with E-state index in [0.29, 0.717) is 38.6 Å². The topological polar surface area (TPSA) is 65.5 Å². The molecule has 2 aromatic carbocycles. The summed E-state index contributed by atoms with van der Waals surface area (Å²) in [5.41, 5.74) is 1.90. The molecule has 0 aromatic heterocycles. The predicted molar refractivity (Wildman–Crippen MR) is 115 cm³/mol. The first kappa shape index (κ1) is 20.3. The average molecular weight is 412 g/mol. The molecule has 0 aliphatic carbocycles. The fourth-order valence-electron chi connectivity index (χ4n) is 3.95. The number of rotatable bonds is 6. The molecule has 160 valence electrons. The van der Waals surface area contributed by atoms with Crippen LogP contribution in [0, 0.1) is 0 Å². The largest absolute Gasteiger partial charge is 0.506 e. The highest BCUT2D eigenvalue weighted by Crippen LogP contribution is 2.31. The second kappa shape index (κ2) is 9.26. The van der Waals surface area contributed by atoms with Crippen molar-refractivity contribution in [1.29, 1.82) is 0 Å². The molecule has 0 atom stereocenters. The lowest BCUT2D eigenvalue weighted by molar-refractivity contribution is -0.132. The third kappa shape index (κ3) is 4.62. The van der Waals surface area contributed by atoms with E-state index in [9.17, 15) is 9.90 Å². The number of hydrogen-bond donors (Lipinski definition) is 1. The zero-order valence-corrected chi connectivity index (χ0v) is 17.4. The highest BCUT2D eigenvalue weighted by atomic mass is 16.6. The maximum Gasteiger partial charge on any atom is 0.237 e. The van der Waals surface area contributed by atoms with Gasteiger partial charge in [0.1, 0.15) is 19.0 Å². The molecule has 0 spiro atoms. The summed E-state index contributed by atoms with van der Waals surface area (Å²) in [6.07, 6.45) is 0. The van der Waals surface area contributed by atoms with Gasteiger partial charge in [-0.25, -0.2) is 0 Å². The second-order valence-electron chi connectivity index (χ2n) is 7.64. The molecule has 2 aromatic rings. The van der Waals surface area contributed by atoms with Crippen molar-refractivity contribution < 1.29 is 19.4 Å². The number of phenols is 1. The molecule has 2 heterocycles. The highest BCUT2D eigenvalue weighted by Gasteiger charge is 2.23. The lowest BCUT2D eigenvalue weighted by Gasteiger charge is -2.36. The molecule has 0 radical (unpaired) electrons. The van der Waals surface area contributed by atoms with E-state index in [0.717, 1.165) is 48.9 Å². The van der Waals surface area contributed by atoms with Gasteiger partial charge in [-0.3, -0.25) is 9.69 Å². The molecule has 1 fully saturated rings. The zero-order chi connectivity index (χ0) is 20.9. The highest BCUT2D eigenvalue weighted by molar-refractivity contribution is 5.78. The summed E-state index contributed by atoms with van der Waals surface area (Å²) in [5, 5.41) is 10.1. The number of likely N-dealkylation sites (N-methyl/N-ethyl adjacent to an activating group) is 1. The first-order chi connectivity index (χ1) is 14.6. The van der Waals surface area contributed by atoms with Crippen LogP contribution in [0.5, 0.6) is 17.2 Å². The Hall–Kier alpha value is -2.93. The number of anilines is 1. The molecule has 30 heavy (non-hydrogen) atoms. The lowest BCUT2D eigenvalue weighted by atomic mass is 10.1. The molecule has 7 nitrogen and oxygen atoms in total. The van der Waals surface area contributed by atoms with Crippen LogP contribution in [0.4, 0.5) is 5.69 Å². The number of benzene rings is 2. The van der Waals surface area contributed by atoms with Crippen LogP contribution in [0.2, 0.25) is 0 Å². The van der Waals surface area contributed by atoms with Crippen LogP contribution in [0.1, 0.15) is 12.5 Å². The van der Waals surface area contributed by atoms with Crippen LogP contribution in [0.15, 0.2) is 42.5 Å². The fourth-order valence-corrected chi connectivity index (χ4v) is 3.95. The zero-order valence-electron chi connectivity index (χ0n) is 17.4. The predicted octanol–water partition coefficient (Wildman–Crippen LogP) is 2.33. The summed E-state index contributed by atoms with van der Waals surface area (Å²) < 4.78 is 11.2. The van der Waals surface area contributed by atoms with Gasteiger partial charge in [0.05, 0.1) is 12.2 Å². The molecule has 2 aliphatic heterocycles. The minimum atomic E-state index is 0.128. The third-order valence-corrected chi connectivity index (χ3v) is 5.67. The number of carbonyl (C=O) groups excluding carboxylic acids is 1. The Morgan fingerprint density at radius 1 is 1.03 bits per heavy atom. The van der Waals surface area contributed by atoms with Crippen LogP contribution in [-0.2, 0) is 11.3 Å². The number of carbonyl (C=O) groups is 1. The van der Waals surface area contributed by atoms with Crippen LogP contribution in [0.25, 0.3) is 0 Å². The molecule has 7 heteroatoms. The number of amides is 1. The molecule has 0 unspecified atom stereocenters. The quantitative estimate of drug-likeness (QED) is 0.787. The summed E-state index contributed by atoms with van der Waals surface area (Å²) in [6.45, 7) is 7.93. The summed E-state index contributed by atoms with van der Waals surface area (Å²) in [4.78, 5) is 19.1. The Morgan fingerprint density at radius 2 is 1.77 bits per heavy atom. The van der Waals surface area contributed by atoms with Gasteiger partial charge in [-0.05, 0) is 36.8 Å². The van der Waals surface area contributed by atoms with Crippen molar-refractivity contribution in [3.63, 3.8) is 0 Å². The molecular formula is C23H29N3O4. The Balaban J connectivity index is 1.31. The van der Waals surface area contributed by atoms with Crippen LogP contribution in [0.3, 0.4) is 0 Å². The fraction of sp³-hybridized carbons (Fsp3) is 0.435. The lowest BCUT2D eigenvalue weighted by Crippen LogP contribution is -2.50. The minimum absolute atomic E-state index is 0.128. The van der Waals surface area contributed by atoms with Gasteiger partial charge in [0, 0.05) is 39.3 Å². The number of piperazine rings is 1. The van der Waals surface area contributed by atoms with Gasteiger partial charge in [0.15, 0.2) is 11.5 Å². The maximum atomic E-state index is 12.9. The molecule has 4 rings (SSSR count). The van der Waals surface area contributed by atoms with E-state index in [2.05, 4.69) is 9.80 Å². The smallest absolute Gasteiger partial charge is 0.237 e. The normalized spacial score (nSPS) is 16.4. The van der Waals surface area contributed by atoms with Gasteiger partial charge in [-0.15, -0.1) is 0 Å². The van der Waals surface area contributed by atoms with Crippen LogP contribution < -0.4 is 14.4 Å². The van der Waals surface area contributed by atoms with Gasteiger partial charge >= 0.3 is 0 Å². The van der Waals surface area contributed by atoms with E-state index in [1.54, 1.807) is 6.07 Å². The summed E-state index contributed by atoms with van der Waals surface area (Å²) >= 11 is 0. The number of aromatic hydroxyl groups is 1. The Labute approximate surface area is 177 Å². The Kier molecular flexibility index (Phi) is 6.28. The van der Waals surface area contributed by atoms with Crippen LogP contribution in [-0.4, -0.2) is 73.3 Å². The minimum Gasteiger partial charge on any atom is -0.506 e. The van der Waals surface area contributed by atoms with Crippen molar-refractivity contribution in [2.24, 2.45) is 0 Å². The number of phenolic OH excluding ortho intramolecular Hbond substituents is 1. The van der Waals surface area contributed by atoms with Crippen LogP contribution >= 0.6 is 0 Å². The van der Waals surface area contributed by atoms with Crippen molar-refractivity contribution in [3.05, 3.63) is 48.0 Å². The third-order valence-electron chi connectivity index (χ3n) is 5.67. The summed E-state index contributed by atoms with van der Waals surface area (Å²) in [5.74, 6) is 1.95. The molecule has 1 amide bonds. The molecule has 0 bridgehead atoms. The van der Waals surface area contributed by atoms with E-state index in [-0.39, 0.29) is 5.91 Å². The number of nitrogens with zero attached hydrogens (tertiary/aromatic N) is 3.